The number of aliphatic hydroxyl groups excluding tert-OH is 2. The van der Waals surface area contributed by atoms with E-state index < -0.39 is 12.3 Å². The Bertz CT molecular complexity index is 208. The smallest absolute Gasteiger partial charge is 0.123 e. The van der Waals surface area contributed by atoms with Crippen molar-refractivity contribution in [1.29, 1.82) is 5.41 Å². The zero-order chi connectivity index (χ0) is 10.7. The van der Waals surface area contributed by atoms with E-state index >= 15 is 0 Å². The fraction of sp³-hybridized carbons (Fsp3) is 0.889. The second kappa shape index (κ2) is 4.72. The molecule has 0 aromatic rings. The second-order valence-corrected chi connectivity index (χ2v) is 3.97. The SMILES string of the molecule is C[C@@H]1[C@H](O)C(=N)N[C@@H]1CCCC(N)O. The van der Waals surface area contributed by atoms with Crippen LogP contribution in [0.25, 0.3) is 0 Å². The van der Waals surface area contributed by atoms with Gasteiger partial charge in [0.05, 0.1) is 0 Å². The Hall–Kier alpha value is -0.650. The van der Waals surface area contributed by atoms with E-state index in [1.54, 1.807) is 0 Å². The number of rotatable bonds is 4. The highest BCUT2D eigenvalue weighted by Crippen LogP contribution is 2.21. The van der Waals surface area contributed by atoms with Gasteiger partial charge in [-0.1, -0.05) is 6.92 Å². The minimum absolute atomic E-state index is 0.0671. The third kappa shape index (κ3) is 2.67. The molecule has 1 aliphatic heterocycles. The average Bonchev–Trinajstić information content (AvgIpc) is 2.33. The number of nitrogens with two attached hydrogens (primary N) is 1. The summed E-state index contributed by atoms with van der Waals surface area (Å²) in [5, 5.41) is 28.7. The van der Waals surface area contributed by atoms with E-state index in [4.69, 9.17) is 16.2 Å². The van der Waals surface area contributed by atoms with E-state index in [-0.39, 0.29) is 17.8 Å². The summed E-state index contributed by atoms with van der Waals surface area (Å²) in [6, 6.07) is 0.135. The summed E-state index contributed by atoms with van der Waals surface area (Å²) in [5.74, 6) is 0.271. The minimum Gasteiger partial charge on any atom is -0.385 e. The van der Waals surface area contributed by atoms with E-state index in [1.165, 1.54) is 0 Å². The number of hydrogen-bond acceptors (Lipinski definition) is 4. The number of nitrogens with one attached hydrogen (secondary N) is 2. The molecule has 1 unspecified atom stereocenters. The molecular formula is C9H19N3O2. The first-order valence-corrected chi connectivity index (χ1v) is 4.99. The van der Waals surface area contributed by atoms with Gasteiger partial charge in [0.25, 0.3) is 0 Å². The lowest BCUT2D eigenvalue weighted by Gasteiger charge is -2.16. The second-order valence-electron chi connectivity index (χ2n) is 3.97. The first-order valence-electron chi connectivity index (χ1n) is 4.99. The van der Waals surface area contributed by atoms with E-state index in [9.17, 15) is 5.11 Å². The zero-order valence-corrected chi connectivity index (χ0v) is 8.40. The summed E-state index contributed by atoms with van der Waals surface area (Å²) in [6.45, 7) is 1.92. The van der Waals surface area contributed by atoms with Crippen molar-refractivity contribution in [3.63, 3.8) is 0 Å². The Balaban J connectivity index is 2.29. The lowest BCUT2D eigenvalue weighted by Crippen LogP contribution is -2.28. The van der Waals surface area contributed by atoms with Gasteiger partial charge in [-0.25, -0.2) is 0 Å². The normalized spacial score (nSPS) is 34.3. The summed E-state index contributed by atoms with van der Waals surface area (Å²) >= 11 is 0. The first kappa shape index (κ1) is 11.4. The molecule has 6 N–H and O–H groups in total. The van der Waals surface area contributed by atoms with E-state index in [0.717, 1.165) is 12.8 Å². The monoisotopic (exact) mass is 201 g/mol. The molecule has 0 spiro atoms. The van der Waals surface area contributed by atoms with Gasteiger partial charge in [-0.15, -0.1) is 0 Å². The van der Waals surface area contributed by atoms with E-state index in [0.29, 0.717) is 6.42 Å². The van der Waals surface area contributed by atoms with Crippen molar-refractivity contribution in [1.82, 2.24) is 5.32 Å². The number of hydrogen-bond donors (Lipinski definition) is 5. The molecule has 0 radical (unpaired) electrons. The molecule has 1 aliphatic rings. The van der Waals surface area contributed by atoms with Gasteiger partial charge in [-0.2, -0.15) is 0 Å². The van der Waals surface area contributed by atoms with Crippen molar-refractivity contribution in [3.05, 3.63) is 0 Å². The van der Waals surface area contributed by atoms with Crippen LogP contribution in [0.5, 0.6) is 0 Å². The molecule has 82 valence electrons. The van der Waals surface area contributed by atoms with Gasteiger partial charge in [-0.05, 0) is 19.3 Å². The lowest BCUT2D eigenvalue weighted by atomic mass is 9.96. The molecule has 5 heteroatoms. The molecule has 0 bridgehead atoms. The average molecular weight is 201 g/mol. The van der Waals surface area contributed by atoms with Gasteiger partial charge < -0.3 is 21.3 Å². The highest BCUT2D eigenvalue weighted by atomic mass is 16.3. The summed E-state index contributed by atoms with van der Waals surface area (Å²) in [6.07, 6.45) is 0.780. The highest BCUT2D eigenvalue weighted by Gasteiger charge is 2.34. The molecule has 0 aromatic carbocycles. The molecule has 1 rings (SSSR count). The third-order valence-corrected chi connectivity index (χ3v) is 2.78. The molecule has 0 aromatic heterocycles. The Morgan fingerprint density at radius 3 is 2.71 bits per heavy atom. The Morgan fingerprint density at radius 2 is 2.29 bits per heavy atom. The molecule has 1 fully saturated rings. The molecule has 0 saturated carbocycles. The van der Waals surface area contributed by atoms with Crippen LogP contribution in [0.15, 0.2) is 0 Å². The standard InChI is InChI=1S/C9H19N3O2/c1-5-6(3-2-4-7(10)13)12-9(11)8(5)14/h5-8,13-14H,2-4,10H2,1H3,(H2,11,12)/t5-,6+,7?,8-/m0/s1. The molecular weight excluding hydrogens is 182 g/mol. The summed E-state index contributed by atoms with van der Waals surface area (Å²) in [7, 11) is 0. The van der Waals surface area contributed by atoms with Crippen molar-refractivity contribution in [2.75, 3.05) is 0 Å². The highest BCUT2D eigenvalue weighted by molar-refractivity contribution is 5.86. The van der Waals surface area contributed by atoms with Crippen LogP contribution in [0.3, 0.4) is 0 Å². The maximum absolute atomic E-state index is 9.48. The van der Waals surface area contributed by atoms with Gasteiger partial charge in [0.2, 0.25) is 0 Å². The van der Waals surface area contributed by atoms with Crippen LogP contribution in [-0.4, -0.2) is 34.4 Å². The summed E-state index contributed by atoms with van der Waals surface area (Å²) < 4.78 is 0. The Morgan fingerprint density at radius 1 is 1.64 bits per heavy atom. The maximum Gasteiger partial charge on any atom is 0.123 e. The third-order valence-electron chi connectivity index (χ3n) is 2.78. The molecule has 1 saturated heterocycles. The Kier molecular flexibility index (Phi) is 3.86. The van der Waals surface area contributed by atoms with E-state index in [1.807, 2.05) is 6.92 Å². The summed E-state index contributed by atoms with van der Waals surface area (Å²) in [4.78, 5) is 0. The van der Waals surface area contributed by atoms with Gasteiger partial charge in [0.15, 0.2) is 0 Å². The van der Waals surface area contributed by atoms with Crippen molar-refractivity contribution in [3.8, 4) is 0 Å². The maximum atomic E-state index is 9.48. The fourth-order valence-corrected chi connectivity index (χ4v) is 1.78. The van der Waals surface area contributed by atoms with Crippen LogP contribution in [0.2, 0.25) is 0 Å². The molecule has 14 heavy (non-hydrogen) atoms. The van der Waals surface area contributed by atoms with E-state index in [2.05, 4.69) is 5.32 Å². The van der Waals surface area contributed by atoms with Gasteiger partial charge in [0.1, 0.15) is 18.2 Å². The van der Waals surface area contributed by atoms with Crippen molar-refractivity contribution < 1.29 is 10.2 Å². The zero-order valence-electron chi connectivity index (χ0n) is 8.40. The molecule has 0 amide bonds. The largest absolute Gasteiger partial charge is 0.385 e. The molecule has 4 atom stereocenters. The van der Waals surface area contributed by atoms with Crippen LogP contribution in [0.1, 0.15) is 26.2 Å². The van der Waals surface area contributed by atoms with Crippen LogP contribution in [0, 0.1) is 11.3 Å². The number of amidine groups is 1. The van der Waals surface area contributed by atoms with Gasteiger partial charge in [-0.3, -0.25) is 5.41 Å². The topological polar surface area (TPSA) is 102 Å². The molecule has 5 nitrogen and oxygen atoms in total. The van der Waals surface area contributed by atoms with Crippen LogP contribution in [-0.2, 0) is 0 Å². The fourth-order valence-electron chi connectivity index (χ4n) is 1.78. The van der Waals surface area contributed by atoms with Crippen molar-refractivity contribution >= 4 is 5.84 Å². The molecule has 0 aliphatic carbocycles. The van der Waals surface area contributed by atoms with Gasteiger partial charge in [0, 0.05) is 12.0 Å². The van der Waals surface area contributed by atoms with Crippen LogP contribution >= 0.6 is 0 Å². The van der Waals surface area contributed by atoms with Crippen molar-refractivity contribution in [2.45, 2.75) is 44.6 Å². The summed E-state index contributed by atoms with van der Waals surface area (Å²) in [5.41, 5.74) is 5.21. The quantitative estimate of drug-likeness (QED) is 0.391. The van der Waals surface area contributed by atoms with Crippen LogP contribution in [0.4, 0.5) is 0 Å². The Labute approximate surface area is 83.8 Å². The first-order chi connectivity index (χ1) is 6.52. The van der Waals surface area contributed by atoms with Crippen LogP contribution < -0.4 is 11.1 Å². The lowest BCUT2D eigenvalue weighted by molar-refractivity contribution is 0.159. The van der Waals surface area contributed by atoms with Crippen molar-refractivity contribution in [2.24, 2.45) is 11.7 Å². The predicted molar refractivity (Wildman–Crippen MR) is 53.9 cm³/mol. The minimum atomic E-state index is -0.754. The predicted octanol–water partition coefficient (Wildman–Crippen LogP) is -0.620. The van der Waals surface area contributed by atoms with Gasteiger partial charge >= 0.3 is 0 Å². The number of aliphatic hydroxyl groups is 2. The molecule has 1 heterocycles.